The molecular weight excluding hydrogens is 214 g/mol. The lowest BCUT2D eigenvalue weighted by atomic mass is 9.95. The highest BCUT2D eigenvalue weighted by Crippen LogP contribution is 2.40. The molecule has 1 aromatic carbocycles. The number of furan rings is 1. The number of hydrogen-bond donors (Lipinski definition) is 0. The van der Waals surface area contributed by atoms with E-state index in [0.717, 1.165) is 24.8 Å². The molecule has 1 aliphatic carbocycles. The minimum Gasteiger partial charge on any atom is -0.464 e. The highest BCUT2D eigenvalue weighted by Gasteiger charge is 2.24. The van der Waals surface area contributed by atoms with Crippen LogP contribution in [0.2, 0.25) is 0 Å². The van der Waals surface area contributed by atoms with Crippen molar-refractivity contribution < 1.29 is 9.21 Å². The van der Waals surface area contributed by atoms with Crippen LogP contribution in [-0.2, 0) is 11.2 Å². The Hall–Kier alpha value is -1.86. The van der Waals surface area contributed by atoms with Crippen LogP contribution < -0.4 is 0 Å². The monoisotopic (exact) mass is 227 g/mol. The fourth-order valence-corrected chi connectivity index (χ4v) is 2.84. The molecule has 1 aliphatic rings. The molecule has 0 saturated carbocycles. The first-order valence-electron chi connectivity index (χ1n) is 5.93. The normalized spacial score (nSPS) is 18.0. The van der Waals surface area contributed by atoms with Gasteiger partial charge in [-0.25, -0.2) is 9.79 Å². The summed E-state index contributed by atoms with van der Waals surface area (Å²) in [7, 11) is 0. The Morgan fingerprint density at radius 1 is 1.41 bits per heavy atom. The summed E-state index contributed by atoms with van der Waals surface area (Å²) in [5, 5.41) is 1.22. The van der Waals surface area contributed by atoms with Crippen LogP contribution in [0.25, 0.3) is 11.0 Å². The van der Waals surface area contributed by atoms with Crippen molar-refractivity contribution >= 4 is 17.0 Å². The van der Waals surface area contributed by atoms with Crippen molar-refractivity contribution in [2.24, 2.45) is 4.99 Å². The van der Waals surface area contributed by atoms with Crippen LogP contribution in [0, 0.1) is 0 Å². The highest BCUT2D eigenvalue weighted by atomic mass is 16.3. The van der Waals surface area contributed by atoms with Gasteiger partial charge in [-0.3, -0.25) is 0 Å². The summed E-state index contributed by atoms with van der Waals surface area (Å²) in [5.74, 6) is 0.503. The summed E-state index contributed by atoms with van der Waals surface area (Å²) in [6.45, 7) is 0.571. The van der Waals surface area contributed by atoms with Crippen molar-refractivity contribution in [2.75, 3.05) is 6.54 Å². The van der Waals surface area contributed by atoms with Gasteiger partial charge in [0.2, 0.25) is 6.08 Å². The number of benzene rings is 1. The van der Waals surface area contributed by atoms with Crippen molar-refractivity contribution in [3.8, 4) is 0 Å². The topological polar surface area (TPSA) is 42.6 Å². The third-order valence-corrected chi connectivity index (χ3v) is 3.59. The summed E-state index contributed by atoms with van der Waals surface area (Å²) in [4.78, 5) is 13.7. The van der Waals surface area contributed by atoms with Gasteiger partial charge in [0.15, 0.2) is 0 Å². The van der Waals surface area contributed by atoms with Gasteiger partial charge in [0.1, 0.15) is 5.58 Å². The molecule has 1 aromatic heterocycles. The fraction of sp³-hybridized carbons (Fsp3) is 0.357. The van der Waals surface area contributed by atoms with E-state index in [1.54, 1.807) is 12.3 Å². The van der Waals surface area contributed by atoms with Gasteiger partial charge in [-0.15, -0.1) is 0 Å². The SMILES string of the molecule is O=C=NCC[C@@H]1CCc2ccc3occc3c21. The van der Waals surface area contributed by atoms with E-state index in [2.05, 4.69) is 11.1 Å². The van der Waals surface area contributed by atoms with Crippen molar-refractivity contribution in [1.82, 2.24) is 0 Å². The second-order valence-corrected chi connectivity index (χ2v) is 4.47. The summed E-state index contributed by atoms with van der Waals surface area (Å²) in [6, 6.07) is 6.24. The van der Waals surface area contributed by atoms with Crippen LogP contribution in [0.1, 0.15) is 29.9 Å². The van der Waals surface area contributed by atoms with Crippen LogP contribution in [-0.4, -0.2) is 12.6 Å². The average Bonchev–Trinajstić information content (AvgIpc) is 2.94. The van der Waals surface area contributed by atoms with Crippen LogP contribution in [0.3, 0.4) is 0 Å². The van der Waals surface area contributed by atoms with Crippen LogP contribution in [0.4, 0.5) is 0 Å². The Balaban J connectivity index is 1.98. The van der Waals surface area contributed by atoms with E-state index >= 15 is 0 Å². The van der Waals surface area contributed by atoms with Gasteiger partial charge in [-0.05, 0) is 48.4 Å². The van der Waals surface area contributed by atoms with Crippen LogP contribution >= 0.6 is 0 Å². The first-order valence-corrected chi connectivity index (χ1v) is 5.93. The molecule has 0 saturated heterocycles. The Morgan fingerprint density at radius 3 is 3.24 bits per heavy atom. The largest absolute Gasteiger partial charge is 0.464 e. The molecule has 0 aliphatic heterocycles. The van der Waals surface area contributed by atoms with E-state index in [1.807, 2.05) is 12.1 Å². The number of aryl methyl sites for hydroxylation is 1. The third kappa shape index (κ3) is 1.69. The molecule has 1 heterocycles. The van der Waals surface area contributed by atoms with E-state index in [4.69, 9.17) is 4.42 Å². The van der Waals surface area contributed by atoms with Gasteiger partial charge in [0.05, 0.1) is 12.8 Å². The third-order valence-electron chi connectivity index (χ3n) is 3.59. The lowest BCUT2D eigenvalue weighted by Gasteiger charge is -2.10. The summed E-state index contributed by atoms with van der Waals surface area (Å²) < 4.78 is 5.43. The molecule has 2 aromatic rings. The molecule has 0 N–H and O–H groups in total. The van der Waals surface area contributed by atoms with Crippen molar-refractivity contribution in [2.45, 2.75) is 25.2 Å². The Bertz CT molecular complexity index is 593. The smallest absolute Gasteiger partial charge is 0.234 e. The summed E-state index contributed by atoms with van der Waals surface area (Å²) in [5.41, 5.74) is 3.77. The molecule has 0 spiro atoms. The zero-order valence-electron chi connectivity index (χ0n) is 9.48. The van der Waals surface area contributed by atoms with E-state index in [-0.39, 0.29) is 0 Å². The number of aliphatic imine (C=N–C) groups is 1. The van der Waals surface area contributed by atoms with Gasteiger partial charge in [0, 0.05) is 5.39 Å². The number of hydrogen-bond acceptors (Lipinski definition) is 3. The van der Waals surface area contributed by atoms with E-state index in [0.29, 0.717) is 12.5 Å². The summed E-state index contributed by atoms with van der Waals surface area (Å²) in [6.07, 6.45) is 6.53. The van der Waals surface area contributed by atoms with Gasteiger partial charge >= 0.3 is 0 Å². The molecule has 1 atom stereocenters. The Morgan fingerprint density at radius 2 is 2.35 bits per heavy atom. The lowest BCUT2D eigenvalue weighted by Crippen LogP contribution is -1.96. The summed E-state index contributed by atoms with van der Waals surface area (Å²) >= 11 is 0. The molecule has 0 amide bonds. The molecule has 3 nitrogen and oxygen atoms in total. The molecular formula is C14H13NO2. The number of isocyanates is 1. The number of rotatable bonds is 3. The lowest BCUT2D eigenvalue weighted by molar-refractivity contribution is 0.559. The molecule has 3 rings (SSSR count). The predicted octanol–water partition coefficient (Wildman–Crippen LogP) is 3.19. The van der Waals surface area contributed by atoms with Gasteiger partial charge in [-0.2, -0.15) is 0 Å². The van der Waals surface area contributed by atoms with Gasteiger partial charge in [0.25, 0.3) is 0 Å². The van der Waals surface area contributed by atoms with E-state index < -0.39 is 0 Å². The van der Waals surface area contributed by atoms with Gasteiger partial charge < -0.3 is 4.42 Å². The maximum Gasteiger partial charge on any atom is 0.234 e. The quantitative estimate of drug-likeness (QED) is 0.597. The predicted molar refractivity (Wildman–Crippen MR) is 64.9 cm³/mol. The molecule has 17 heavy (non-hydrogen) atoms. The second-order valence-electron chi connectivity index (χ2n) is 4.47. The first-order chi connectivity index (χ1) is 8.40. The van der Waals surface area contributed by atoms with Gasteiger partial charge in [-0.1, -0.05) is 6.07 Å². The molecule has 0 fully saturated rings. The average molecular weight is 227 g/mol. The van der Waals surface area contributed by atoms with Crippen molar-refractivity contribution in [3.63, 3.8) is 0 Å². The maximum absolute atomic E-state index is 10.1. The molecule has 3 heteroatoms. The van der Waals surface area contributed by atoms with E-state index in [1.165, 1.54) is 16.5 Å². The second kappa shape index (κ2) is 4.19. The standard InChI is InChI=1S/C14H13NO2/c16-9-15-7-5-11-2-1-10-3-4-13-12(14(10)11)6-8-17-13/h3-4,6,8,11H,1-2,5,7H2/t11-/m0/s1. The van der Waals surface area contributed by atoms with Crippen molar-refractivity contribution in [1.29, 1.82) is 0 Å². The number of nitrogens with zero attached hydrogens (tertiary/aromatic N) is 1. The zero-order valence-corrected chi connectivity index (χ0v) is 9.48. The molecule has 0 radical (unpaired) electrons. The Kier molecular flexibility index (Phi) is 2.54. The molecule has 0 bridgehead atoms. The molecule has 86 valence electrons. The highest BCUT2D eigenvalue weighted by molar-refractivity contribution is 5.83. The van der Waals surface area contributed by atoms with E-state index in [9.17, 15) is 4.79 Å². The minimum absolute atomic E-state index is 0.503. The fourth-order valence-electron chi connectivity index (χ4n) is 2.84. The van der Waals surface area contributed by atoms with Crippen molar-refractivity contribution in [3.05, 3.63) is 35.6 Å². The minimum atomic E-state index is 0.503. The molecule has 0 unspecified atom stereocenters. The zero-order chi connectivity index (χ0) is 11.7. The first kappa shape index (κ1) is 10.3. The number of carbonyl (C=O) groups excluding carboxylic acids is 1. The van der Waals surface area contributed by atoms with Crippen LogP contribution in [0.5, 0.6) is 0 Å². The maximum atomic E-state index is 10.1. The Labute approximate surface area is 99.1 Å². The number of fused-ring (bicyclic) bond motifs is 3. The van der Waals surface area contributed by atoms with Crippen LogP contribution in [0.15, 0.2) is 33.9 Å².